The minimum Gasteiger partial charge on any atom is -0.276 e. The zero-order chi connectivity index (χ0) is 22.7. The molecule has 35 heavy (non-hydrogen) atoms. The molecule has 0 fully saturated rings. The maximum Gasteiger partial charge on any atom is 0.147 e. The number of hydrogen-bond acceptors (Lipinski definition) is 2. The second kappa shape index (κ2) is 6.13. The molecule has 2 aliphatic rings. The number of benzene rings is 4. The maximum atomic E-state index is 5.15. The Hall–Kier alpha value is -4.50. The molecule has 162 valence electrons. The van der Waals surface area contributed by atoms with Gasteiger partial charge in [0.1, 0.15) is 11.3 Å². The molecular weight excluding hydrogens is 426 g/mol. The van der Waals surface area contributed by atoms with Crippen LogP contribution < -0.4 is 0 Å². The van der Waals surface area contributed by atoms with Gasteiger partial charge in [0.2, 0.25) is 0 Å². The fraction of sp³-hybridized carbons (Fsp3) is 0.0625. The molecule has 0 N–H and O–H groups in total. The summed E-state index contributed by atoms with van der Waals surface area (Å²) in [4.78, 5) is 9.95. The van der Waals surface area contributed by atoms with Crippen molar-refractivity contribution in [2.75, 3.05) is 0 Å². The van der Waals surface area contributed by atoms with Gasteiger partial charge in [0.05, 0.1) is 11.0 Å². The third-order valence-electron chi connectivity index (χ3n) is 8.06. The van der Waals surface area contributed by atoms with Crippen molar-refractivity contribution < 1.29 is 0 Å². The lowest BCUT2D eigenvalue weighted by atomic mass is 9.96. The molecule has 0 spiro atoms. The molecule has 7 aromatic rings. The number of para-hydroxylation sites is 2. The summed E-state index contributed by atoms with van der Waals surface area (Å²) < 4.78 is 2.26. The summed E-state index contributed by atoms with van der Waals surface area (Å²) in [5.41, 5.74) is 15.3. The summed E-state index contributed by atoms with van der Waals surface area (Å²) in [7, 11) is 0. The van der Waals surface area contributed by atoms with Gasteiger partial charge in [-0.05, 0) is 93.1 Å². The van der Waals surface area contributed by atoms with Crippen molar-refractivity contribution in [1.82, 2.24) is 14.4 Å². The molecule has 0 atom stereocenters. The number of pyridine rings is 2. The van der Waals surface area contributed by atoms with Crippen molar-refractivity contribution >= 4 is 38.5 Å². The Balaban J connectivity index is 1.41. The fourth-order valence-corrected chi connectivity index (χ4v) is 6.58. The first-order valence-electron chi connectivity index (χ1n) is 12.2. The molecule has 9 rings (SSSR count). The summed E-state index contributed by atoms with van der Waals surface area (Å²) in [6, 6.07) is 31.0. The molecule has 0 aliphatic heterocycles. The Morgan fingerprint density at radius 1 is 0.600 bits per heavy atom. The Labute approximate surface area is 201 Å². The maximum absolute atomic E-state index is 5.15. The van der Waals surface area contributed by atoms with Crippen LogP contribution in [0.4, 0.5) is 0 Å². The average Bonchev–Trinajstić information content (AvgIpc) is 3.58. The minimum atomic E-state index is 0.941. The third-order valence-corrected chi connectivity index (χ3v) is 8.06. The predicted octanol–water partition coefficient (Wildman–Crippen LogP) is 7.33. The van der Waals surface area contributed by atoms with Crippen molar-refractivity contribution in [2.45, 2.75) is 12.8 Å². The van der Waals surface area contributed by atoms with Gasteiger partial charge in [-0.2, -0.15) is 0 Å². The van der Waals surface area contributed by atoms with Gasteiger partial charge in [0, 0.05) is 17.0 Å². The van der Waals surface area contributed by atoms with Crippen LogP contribution in [0.2, 0.25) is 0 Å². The molecule has 2 aliphatic carbocycles. The van der Waals surface area contributed by atoms with Crippen molar-refractivity contribution in [3.63, 3.8) is 0 Å². The van der Waals surface area contributed by atoms with Crippen LogP contribution in [0, 0.1) is 0 Å². The highest BCUT2D eigenvalue weighted by molar-refractivity contribution is 6.16. The Morgan fingerprint density at radius 2 is 1.46 bits per heavy atom. The van der Waals surface area contributed by atoms with E-state index in [2.05, 4.69) is 83.3 Å². The molecule has 0 amide bonds. The zero-order valence-electron chi connectivity index (χ0n) is 18.9. The molecule has 3 heteroatoms. The van der Waals surface area contributed by atoms with E-state index < -0.39 is 0 Å². The minimum absolute atomic E-state index is 0.941. The molecule has 3 nitrogen and oxygen atoms in total. The highest BCUT2D eigenvalue weighted by Crippen LogP contribution is 2.47. The highest BCUT2D eigenvalue weighted by atomic mass is 15.1. The number of imidazole rings is 1. The average molecular weight is 446 g/mol. The Morgan fingerprint density at radius 3 is 2.46 bits per heavy atom. The number of fused-ring (bicyclic) bond motifs is 15. The van der Waals surface area contributed by atoms with Gasteiger partial charge >= 0.3 is 0 Å². The summed E-state index contributed by atoms with van der Waals surface area (Å²) in [6.45, 7) is 0. The molecule has 0 radical (unpaired) electrons. The van der Waals surface area contributed by atoms with E-state index in [-0.39, 0.29) is 0 Å². The van der Waals surface area contributed by atoms with Gasteiger partial charge in [-0.15, -0.1) is 0 Å². The smallest absolute Gasteiger partial charge is 0.147 e. The number of rotatable bonds is 0. The normalized spacial score (nSPS) is 13.5. The lowest BCUT2D eigenvalue weighted by Crippen LogP contribution is -1.96. The molecule has 0 saturated heterocycles. The summed E-state index contributed by atoms with van der Waals surface area (Å²) in [5.74, 6) is 0. The first-order chi connectivity index (χ1) is 17.3. The predicted molar refractivity (Wildman–Crippen MR) is 142 cm³/mol. The quantitative estimate of drug-likeness (QED) is 0.229. The summed E-state index contributed by atoms with van der Waals surface area (Å²) >= 11 is 0. The molecular formula is C32H19N3. The standard InChI is InChI=1S/C32H19N3/c1-2-7-21-18(6-1)14-19-15-20-16-27-22(26(20)17-25(19)21)11-12-23-24-8-5-13-33-31(24)35-29-10-4-3-9-28(29)34-32(35)30(23)27/h1-13,15,17H,14,16H2. The van der Waals surface area contributed by atoms with E-state index in [9.17, 15) is 0 Å². The van der Waals surface area contributed by atoms with Crippen LogP contribution in [0.25, 0.3) is 60.7 Å². The number of nitrogens with zero attached hydrogens (tertiary/aromatic N) is 3. The first-order valence-corrected chi connectivity index (χ1v) is 12.2. The topological polar surface area (TPSA) is 30.2 Å². The van der Waals surface area contributed by atoms with Crippen LogP contribution in [0.5, 0.6) is 0 Å². The van der Waals surface area contributed by atoms with Crippen molar-refractivity contribution in [1.29, 1.82) is 0 Å². The molecule has 0 unspecified atom stereocenters. The lowest BCUT2D eigenvalue weighted by Gasteiger charge is -2.12. The zero-order valence-corrected chi connectivity index (χ0v) is 18.9. The molecule has 4 aromatic carbocycles. The van der Waals surface area contributed by atoms with E-state index in [0.29, 0.717) is 0 Å². The van der Waals surface area contributed by atoms with Crippen LogP contribution in [-0.2, 0) is 12.8 Å². The van der Waals surface area contributed by atoms with E-state index >= 15 is 0 Å². The van der Waals surface area contributed by atoms with Crippen LogP contribution in [0.15, 0.2) is 91.1 Å². The molecule has 3 aromatic heterocycles. The SMILES string of the molecule is c1ccc2c(c1)Cc1cc3c(cc1-2)-c1ccc2c4cccnc4n4c5ccccc5nc4c2c1C3. The van der Waals surface area contributed by atoms with Crippen molar-refractivity contribution in [3.05, 3.63) is 113 Å². The highest BCUT2D eigenvalue weighted by Gasteiger charge is 2.28. The van der Waals surface area contributed by atoms with Crippen molar-refractivity contribution in [3.8, 4) is 22.3 Å². The van der Waals surface area contributed by atoms with Crippen LogP contribution >= 0.6 is 0 Å². The van der Waals surface area contributed by atoms with Crippen LogP contribution in [0.3, 0.4) is 0 Å². The van der Waals surface area contributed by atoms with E-state index in [1.54, 1.807) is 0 Å². The van der Waals surface area contributed by atoms with Gasteiger partial charge in [-0.3, -0.25) is 4.40 Å². The number of hydrogen-bond donors (Lipinski definition) is 0. The van der Waals surface area contributed by atoms with Gasteiger partial charge in [0.15, 0.2) is 0 Å². The fourth-order valence-electron chi connectivity index (χ4n) is 6.58. The summed E-state index contributed by atoms with van der Waals surface area (Å²) in [5, 5.41) is 3.67. The van der Waals surface area contributed by atoms with Crippen LogP contribution in [0.1, 0.15) is 22.3 Å². The lowest BCUT2D eigenvalue weighted by molar-refractivity contribution is 1.21. The van der Waals surface area contributed by atoms with E-state index in [1.807, 2.05) is 12.3 Å². The van der Waals surface area contributed by atoms with Gasteiger partial charge < -0.3 is 0 Å². The molecule has 0 bridgehead atoms. The van der Waals surface area contributed by atoms with Gasteiger partial charge in [-0.25, -0.2) is 9.97 Å². The second-order valence-corrected chi connectivity index (χ2v) is 9.83. The van der Waals surface area contributed by atoms with Crippen molar-refractivity contribution in [2.24, 2.45) is 0 Å². The summed E-state index contributed by atoms with van der Waals surface area (Å²) in [6.07, 6.45) is 3.85. The second-order valence-electron chi connectivity index (χ2n) is 9.83. The van der Waals surface area contributed by atoms with E-state index in [1.165, 1.54) is 60.7 Å². The third kappa shape index (κ3) is 2.17. The van der Waals surface area contributed by atoms with E-state index in [4.69, 9.17) is 9.97 Å². The first kappa shape index (κ1) is 17.9. The molecule has 0 saturated carbocycles. The number of aromatic nitrogens is 3. The largest absolute Gasteiger partial charge is 0.276 e. The van der Waals surface area contributed by atoms with E-state index in [0.717, 1.165) is 35.2 Å². The van der Waals surface area contributed by atoms with Gasteiger partial charge in [0.25, 0.3) is 0 Å². The molecule has 3 heterocycles. The van der Waals surface area contributed by atoms with Crippen LogP contribution in [-0.4, -0.2) is 14.4 Å². The Bertz CT molecular complexity index is 2060. The monoisotopic (exact) mass is 445 g/mol. The van der Waals surface area contributed by atoms with Gasteiger partial charge in [-0.1, -0.05) is 54.6 Å². The Kier molecular flexibility index (Phi) is 3.14.